The van der Waals surface area contributed by atoms with E-state index in [4.69, 9.17) is 5.21 Å². The largest absolute Gasteiger partial charge is 0.504 e. The molecule has 3 N–H and O–H groups in total. The number of nitrogens with one attached hydrogen (secondary N) is 1. The van der Waals surface area contributed by atoms with E-state index in [0.29, 0.717) is 5.56 Å². The van der Waals surface area contributed by atoms with Crippen molar-refractivity contribution in [2.24, 2.45) is 16.1 Å². The van der Waals surface area contributed by atoms with Gasteiger partial charge in [0.1, 0.15) is 11.5 Å². The summed E-state index contributed by atoms with van der Waals surface area (Å²) in [6.45, 7) is 1.83. The molecule has 0 bridgehead atoms. The van der Waals surface area contributed by atoms with Crippen LogP contribution in [0.15, 0.2) is 45.9 Å². The van der Waals surface area contributed by atoms with Crippen LogP contribution < -0.4 is 5.32 Å². The number of nitrogens with zero attached hydrogens (tertiary/aromatic N) is 2. The molecule has 21 heavy (non-hydrogen) atoms. The average Bonchev–Trinajstić information content (AvgIpc) is 2.47. The zero-order chi connectivity index (χ0) is 15.4. The van der Waals surface area contributed by atoms with Gasteiger partial charge < -0.3 is 15.6 Å². The molecule has 0 spiro atoms. The van der Waals surface area contributed by atoms with Crippen molar-refractivity contribution < 1.29 is 19.5 Å². The Balaban J connectivity index is 2.08. The topological polar surface area (TPSA) is 94.3 Å². The van der Waals surface area contributed by atoms with E-state index in [0.717, 1.165) is 0 Å². The Hall–Kier alpha value is -2.70. The number of aliphatic hydroxyl groups is 1. The summed E-state index contributed by atoms with van der Waals surface area (Å²) >= 11 is 0. The lowest BCUT2D eigenvalue weighted by Gasteiger charge is -2.15. The van der Waals surface area contributed by atoms with Gasteiger partial charge in [0.15, 0.2) is 11.5 Å². The molecule has 0 saturated carbocycles. The molecule has 1 aliphatic rings. The Morgan fingerprint density at radius 3 is 2.71 bits per heavy atom. The van der Waals surface area contributed by atoms with Crippen LogP contribution in [0.3, 0.4) is 0 Å². The molecule has 1 aromatic rings. The van der Waals surface area contributed by atoms with E-state index in [1.54, 1.807) is 6.92 Å². The Morgan fingerprint density at radius 1 is 1.43 bits per heavy atom. The van der Waals surface area contributed by atoms with Gasteiger partial charge in [-0.3, -0.25) is 9.79 Å². The van der Waals surface area contributed by atoms with Crippen molar-refractivity contribution in [2.45, 2.75) is 13.5 Å². The van der Waals surface area contributed by atoms with Crippen molar-refractivity contribution in [2.75, 3.05) is 0 Å². The number of halogens is 1. The number of carbonyl (C=O) groups excluding carboxylic acids is 1. The summed E-state index contributed by atoms with van der Waals surface area (Å²) < 4.78 is 12.8. The minimum Gasteiger partial charge on any atom is -0.504 e. The SMILES string of the molecule is CC1C=NC(C(=O)NCc2ccc(F)cc2)=C(O)/C1=N\O. The first kappa shape index (κ1) is 14.7. The molecule has 0 saturated heterocycles. The normalized spacial score (nSPS) is 19.9. The molecule has 110 valence electrons. The van der Waals surface area contributed by atoms with Crippen molar-refractivity contribution in [1.29, 1.82) is 0 Å². The number of aliphatic hydroxyl groups excluding tert-OH is 1. The molecular formula is C14H14FN3O3. The highest BCUT2D eigenvalue weighted by Crippen LogP contribution is 2.16. The van der Waals surface area contributed by atoms with Gasteiger partial charge in [-0.05, 0) is 17.7 Å². The molecule has 7 heteroatoms. The predicted molar refractivity (Wildman–Crippen MR) is 74.8 cm³/mol. The lowest BCUT2D eigenvalue weighted by molar-refractivity contribution is -0.117. The fraction of sp³-hybridized carbons (Fsp3) is 0.214. The molecule has 1 heterocycles. The highest BCUT2D eigenvalue weighted by molar-refractivity contribution is 6.14. The second-order valence-corrected chi connectivity index (χ2v) is 4.56. The third-order valence-corrected chi connectivity index (χ3v) is 3.01. The van der Waals surface area contributed by atoms with Crippen LogP contribution >= 0.6 is 0 Å². The Kier molecular flexibility index (Phi) is 4.32. The maximum Gasteiger partial charge on any atom is 0.274 e. The van der Waals surface area contributed by atoms with E-state index in [9.17, 15) is 14.3 Å². The van der Waals surface area contributed by atoms with Gasteiger partial charge >= 0.3 is 0 Å². The summed E-state index contributed by atoms with van der Waals surface area (Å²) in [6.07, 6.45) is 1.40. The lowest BCUT2D eigenvalue weighted by atomic mass is 10.0. The monoisotopic (exact) mass is 291 g/mol. The third-order valence-electron chi connectivity index (χ3n) is 3.01. The van der Waals surface area contributed by atoms with Gasteiger partial charge in [-0.25, -0.2) is 4.39 Å². The van der Waals surface area contributed by atoms with Gasteiger partial charge in [0.25, 0.3) is 5.91 Å². The molecule has 0 fully saturated rings. The second-order valence-electron chi connectivity index (χ2n) is 4.56. The van der Waals surface area contributed by atoms with E-state index in [2.05, 4.69) is 15.5 Å². The average molecular weight is 291 g/mol. The van der Waals surface area contributed by atoms with Crippen molar-refractivity contribution in [1.82, 2.24) is 5.32 Å². The van der Waals surface area contributed by atoms with Crippen LogP contribution in [0.1, 0.15) is 12.5 Å². The summed E-state index contributed by atoms with van der Waals surface area (Å²) in [4.78, 5) is 15.8. The molecule has 2 rings (SSSR count). The molecule has 1 aliphatic heterocycles. The molecule has 1 aromatic carbocycles. The van der Waals surface area contributed by atoms with Crippen molar-refractivity contribution in [3.05, 3.63) is 47.1 Å². The molecule has 0 radical (unpaired) electrons. The number of allylic oxidation sites excluding steroid dienone is 1. The first-order valence-corrected chi connectivity index (χ1v) is 6.25. The molecule has 1 atom stereocenters. The molecular weight excluding hydrogens is 277 g/mol. The fourth-order valence-electron chi connectivity index (χ4n) is 1.83. The first-order valence-electron chi connectivity index (χ1n) is 6.25. The summed E-state index contributed by atoms with van der Waals surface area (Å²) in [5.41, 5.74) is 0.467. The highest BCUT2D eigenvalue weighted by atomic mass is 19.1. The van der Waals surface area contributed by atoms with Crippen LogP contribution in [0.25, 0.3) is 0 Å². The number of amides is 1. The zero-order valence-corrected chi connectivity index (χ0v) is 11.2. The smallest absolute Gasteiger partial charge is 0.274 e. The molecule has 6 nitrogen and oxygen atoms in total. The number of hydrogen-bond acceptors (Lipinski definition) is 5. The highest BCUT2D eigenvalue weighted by Gasteiger charge is 2.26. The number of benzene rings is 1. The number of aliphatic imine (C=N–C) groups is 1. The van der Waals surface area contributed by atoms with E-state index in [1.807, 2.05) is 0 Å². The Bertz CT molecular complexity index is 635. The minimum absolute atomic E-state index is 0.0167. The predicted octanol–water partition coefficient (Wildman–Crippen LogP) is 1.76. The van der Waals surface area contributed by atoms with E-state index in [-0.39, 0.29) is 29.7 Å². The van der Waals surface area contributed by atoms with Crippen molar-refractivity contribution >= 4 is 17.8 Å². The van der Waals surface area contributed by atoms with Crippen LogP contribution in [-0.4, -0.2) is 28.1 Å². The maximum atomic E-state index is 12.8. The minimum atomic E-state index is -0.610. The van der Waals surface area contributed by atoms with Crippen LogP contribution in [0.5, 0.6) is 0 Å². The number of oxime groups is 1. The van der Waals surface area contributed by atoms with Gasteiger partial charge in [0.05, 0.1) is 0 Å². The standard InChI is InChI=1S/C14H14FN3O3/c1-8-6-16-12(13(19)11(8)18-21)14(20)17-7-9-2-4-10(15)5-3-9/h2-6,8,19,21H,7H2,1H3,(H,17,20)/b18-11-. The van der Waals surface area contributed by atoms with Crippen molar-refractivity contribution in [3.8, 4) is 0 Å². The molecule has 1 unspecified atom stereocenters. The van der Waals surface area contributed by atoms with Gasteiger partial charge in [0, 0.05) is 18.7 Å². The van der Waals surface area contributed by atoms with Crippen LogP contribution in [0.2, 0.25) is 0 Å². The number of carbonyl (C=O) groups is 1. The first-order chi connectivity index (χ1) is 10.0. The van der Waals surface area contributed by atoms with Gasteiger partial charge in [0.2, 0.25) is 0 Å². The zero-order valence-electron chi connectivity index (χ0n) is 11.2. The maximum absolute atomic E-state index is 12.8. The number of hydrogen-bond donors (Lipinski definition) is 3. The van der Waals surface area contributed by atoms with Crippen LogP contribution in [0.4, 0.5) is 4.39 Å². The van der Waals surface area contributed by atoms with Gasteiger partial charge in [-0.1, -0.05) is 24.2 Å². The summed E-state index contributed by atoms with van der Waals surface area (Å²) in [5, 5.41) is 24.2. The van der Waals surface area contributed by atoms with Crippen LogP contribution in [0, 0.1) is 11.7 Å². The number of rotatable bonds is 3. The lowest BCUT2D eigenvalue weighted by Crippen LogP contribution is -2.30. The van der Waals surface area contributed by atoms with E-state index < -0.39 is 11.7 Å². The molecule has 1 amide bonds. The van der Waals surface area contributed by atoms with Crippen LogP contribution in [-0.2, 0) is 11.3 Å². The third kappa shape index (κ3) is 3.25. The second kappa shape index (κ2) is 6.17. The summed E-state index contributed by atoms with van der Waals surface area (Å²) in [7, 11) is 0. The van der Waals surface area contributed by atoms with E-state index in [1.165, 1.54) is 30.5 Å². The van der Waals surface area contributed by atoms with Gasteiger partial charge in [-0.15, -0.1) is 0 Å². The molecule has 0 aromatic heterocycles. The summed E-state index contributed by atoms with van der Waals surface area (Å²) in [6, 6.07) is 5.65. The van der Waals surface area contributed by atoms with E-state index >= 15 is 0 Å². The Morgan fingerprint density at radius 2 is 2.10 bits per heavy atom. The van der Waals surface area contributed by atoms with Crippen molar-refractivity contribution in [3.63, 3.8) is 0 Å². The fourth-order valence-corrected chi connectivity index (χ4v) is 1.83. The van der Waals surface area contributed by atoms with Gasteiger partial charge in [-0.2, -0.15) is 0 Å². The quantitative estimate of drug-likeness (QED) is 0.585. The Labute approximate surface area is 120 Å². The summed E-state index contributed by atoms with van der Waals surface area (Å²) in [5.74, 6) is -1.81. The molecule has 0 aliphatic carbocycles.